The van der Waals surface area contributed by atoms with Crippen LogP contribution < -0.4 is 14.8 Å². The summed E-state index contributed by atoms with van der Waals surface area (Å²) in [6.07, 6.45) is 1.49. The highest BCUT2D eigenvalue weighted by atomic mass is 16.5. The molecule has 6 heteroatoms. The quantitative estimate of drug-likeness (QED) is 0.754. The second kappa shape index (κ2) is 6.50. The summed E-state index contributed by atoms with van der Waals surface area (Å²) in [5.41, 5.74) is 2.41. The number of benzene rings is 2. The minimum absolute atomic E-state index is 0.00887. The van der Waals surface area contributed by atoms with Gasteiger partial charge in [0.15, 0.2) is 11.5 Å². The summed E-state index contributed by atoms with van der Waals surface area (Å²) in [6, 6.07) is 11.2. The SMILES string of the molecule is COc1cc2ncnc(Nc3cccc(CO)c3)c2cc1OC. The van der Waals surface area contributed by atoms with Gasteiger partial charge in [0.25, 0.3) is 0 Å². The average Bonchev–Trinajstić information content (AvgIpc) is 2.61. The first-order valence-electron chi connectivity index (χ1n) is 7.08. The molecule has 0 fully saturated rings. The van der Waals surface area contributed by atoms with Crippen LogP contribution in [0.5, 0.6) is 11.5 Å². The second-order valence-electron chi connectivity index (χ2n) is 4.93. The molecule has 0 atom stereocenters. The van der Waals surface area contributed by atoms with Crippen LogP contribution in [0.15, 0.2) is 42.7 Å². The summed E-state index contributed by atoms with van der Waals surface area (Å²) in [7, 11) is 3.18. The van der Waals surface area contributed by atoms with Gasteiger partial charge in [-0.3, -0.25) is 0 Å². The van der Waals surface area contributed by atoms with E-state index in [1.165, 1.54) is 6.33 Å². The number of aromatic nitrogens is 2. The molecule has 0 amide bonds. The Hall–Kier alpha value is -2.86. The van der Waals surface area contributed by atoms with E-state index in [-0.39, 0.29) is 6.61 Å². The van der Waals surface area contributed by atoms with Gasteiger partial charge in [0.1, 0.15) is 12.1 Å². The Morgan fingerprint density at radius 1 is 1.04 bits per heavy atom. The van der Waals surface area contributed by atoms with E-state index < -0.39 is 0 Å². The zero-order valence-electron chi connectivity index (χ0n) is 12.9. The van der Waals surface area contributed by atoms with E-state index in [2.05, 4.69) is 15.3 Å². The zero-order valence-corrected chi connectivity index (χ0v) is 12.9. The van der Waals surface area contributed by atoms with Gasteiger partial charge in [-0.1, -0.05) is 12.1 Å². The molecule has 3 aromatic rings. The first kappa shape index (κ1) is 15.1. The van der Waals surface area contributed by atoms with Crippen molar-refractivity contribution in [2.45, 2.75) is 6.61 Å². The fourth-order valence-electron chi connectivity index (χ4n) is 2.37. The molecule has 6 nitrogen and oxygen atoms in total. The van der Waals surface area contributed by atoms with E-state index in [1.54, 1.807) is 14.2 Å². The monoisotopic (exact) mass is 311 g/mol. The van der Waals surface area contributed by atoms with E-state index in [4.69, 9.17) is 9.47 Å². The van der Waals surface area contributed by atoms with Crippen LogP contribution in [0.25, 0.3) is 10.9 Å². The van der Waals surface area contributed by atoms with E-state index in [0.717, 1.165) is 22.2 Å². The van der Waals surface area contributed by atoms with Crippen LogP contribution in [0, 0.1) is 0 Å². The summed E-state index contributed by atoms with van der Waals surface area (Å²) in [6.45, 7) is -0.00887. The van der Waals surface area contributed by atoms with Gasteiger partial charge in [-0.2, -0.15) is 0 Å². The second-order valence-corrected chi connectivity index (χ2v) is 4.93. The van der Waals surface area contributed by atoms with Crippen LogP contribution in [0.4, 0.5) is 11.5 Å². The molecule has 0 radical (unpaired) electrons. The number of methoxy groups -OCH3 is 2. The number of hydrogen-bond donors (Lipinski definition) is 2. The van der Waals surface area contributed by atoms with E-state index in [1.807, 2.05) is 36.4 Å². The van der Waals surface area contributed by atoms with Gasteiger partial charge in [-0.25, -0.2) is 9.97 Å². The minimum Gasteiger partial charge on any atom is -0.493 e. The number of fused-ring (bicyclic) bond motifs is 1. The van der Waals surface area contributed by atoms with Crippen molar-refractivity contribution in [2.24, 2.45) is 0 Å². The Morgan fingerprint density at radius 3 is 2.57 bits per heavy atom. The fraction of sp³-hybridized carbons (Fsp3) is 0.176. The smallest absolute Gasteiger partial charge is 0.162 e. The summed E-state index contributed by atoms with van der Waals surface area (Å²) in [4.78, 5) is 8.58. The number of aliphatic hydroxyl groups excluding tert-OH is 1. The van der Waals surface area contributed by atoms with Gasteiger partial charge in [0, 0.05) is 17.1 Å². The summed E-state index contributed by atoms with van der Waals surface area (Å²) >= 11 is 0. The molecular formula is C17H17N3O3. The third kappa shape index (κ3) is 3.02. The molecule has 2 N–H and O–H groups in total. The molecule has 0 saturated heterocycles. The molecule has 0 aliphatic rings. The first-order chi connectivity index (χ1) is 11.2. The van der Waals surface area contributed by atoms with Crippen LogP contribution in [-0.2, 0) is 6.61 Å². The highest BCUT2D eigenvalue weighted by Gasteiger charge is 2.11. The number of anilines is 2. The van der Waals surface area contributed by atoms with Crippen molar-refractivity contribution in [3.8, 4) is 11.5 Å². The molecule has 0 unspecified atom stereocenters. The molecule has 1 heterocycles. The van der Waals surface area contributed by atoms with Crippen LogP contribution in [0.3, 0.4) is 0 Å². The maximum atomic E-state index is 9.24. The van der Waals surface area contributed by atoms with Crippen molar-refractivity contribution in [1.29, 1.82) is 0 Å². The fourth-order valence-corrected chi connectivity index (χ4v) is 2.37. The lowest BCUT2D eigenvalue weighted by atomic mass is 10.2. The summed E-state index contributed by atoms with van der Waals surface area (Å²) < 4.78 is 10.6. The lowest BCUT2D eigenvalue weighted by Crippen LogP contribution is -1.98. The highest BCUT2D eigenvalue weighted by Crippen LogP contribution is 2.34. The molecule has 0 aliphatic heterocycles. The van der Waals surface area contributed by atoms with Gasteiger partial charge in [-0.15, -0.1) is 0 Å². The van der Waals surface area contributed by atoms with Crippen molar-refractivity contribution in [3.05, 3.63) is 48.3 Å². The minimum atomic E-state index is -0.00887. The van der Waals surface area contributed by atoms with Gasteiger partial charge in [0.2, 0.25) is 0 Å². The predicted molar refractivity (Wildman–Crippen MR) is 88.3 cm³/mol. The Morgan fingerprint density at radius 2 is 1.83 bits per heavy atom. The van der Waals surface area contributed by atoms with Crippen LogP contribution >= 0.6 is 0 Å². The van der Waals surface area contributed by atoms with Crippen molar-refractivity contribution in [3.63, 3.8) is 0 Å². The molecule has 0 spiro atoms. The number of nitrogens with zero attached hydrogens (tertiary/aromatic N) is 2. The van der Waals surface area contributed by atoms with Gasteiger partial charge in [0.05, 0.1) is 26.3 Å². The van der Waals surface area contributed by atoms with E-state index >= 15 is 0 Å². The van der Waals surface area contributed by atoms with Crippen molar-refractivity contribution < 1.29 is 14.6 Å². The molecule has 3 rings (SSSR count). The zero-order chi connectivity index (χ0) is 16.2. The molecular weight excluding hydrogens is 294 g/mol. The lowest BCUT2D eigenvalue weighted by molar-refractivity contribution is 0.282. The Bertz CT molecular complexity index is 836. The standard InChI is InChI=1S/C17H17N3O3/c1-22-15-7-13-14(8-16(15)23-2)18-10-19-17(13)20-12-5-3-4-11(6-12)9-21/h3-8,10,21H,9H2,1-2H3,(H,18,19,20). The average molecular weight is 311 g/mol. The lowest BCUT2D eigenvalue weighted by Gasteiger charge is -2.12. The molecule has 0 aliphatic carbocycles. The van der Waals surface area contributed by atoms with Crippen molar-refractivity contribution in [2.75, 3.05) is 19.5 Å². The van der Waals surface area contributed by atoms with Crippen LogP contribution in [0.1, 0.15) is 5.56 Å². The highest BCUT2D eigenvalue weighted by molar-refractivity contribution is 5.93. The van der Waals surface area contributed by atoms with Gasteiger partial charge >= 0.3 is 0 Å². The molecule has 2 aromatic carbocycles. The predicted octanol–water partition coefficient (Wildman–Crippen LogP) is 2.88. The van der Waals surface area contributed by atoms with Crippen molar-refractivity contribution in [1.82, 2.24) is 9.97 Å². The van der Waals surface area contributed by atoms with E-state index in [9.17, 15) is 5.11 Å². The van der Waals surface area contributed by atoms with Crippen molar-refractivity contribution >= 4 is 22.4 Å². The third-order valence-corrected chi connectivity index (χ3v) is 3.51. The Balaban J connectivity index is 2.06. The molecule has 118 valence electrons. The number of ether oxygens (including phenoxy) is 2. The molecule has 1 aromatic heterocycles. The van der Waals surface area contributed by atoms with E-state index in [0.29, 0.717) is 17.3 Å². The van der Waals surface area contributed by atoms with Crippen LogP contribution in [0.2, 0.25) is 0 Å². The first-order valence-corrected chi connectivity index (χ1v) is 7.08. The topological polar surface area (TPSA) is 76.5 Å². The van der Waals surface area contributed by atoms with Gasteiger partial charge in [-0.05, 0) is 23.8 Å². The number of hydrogen-bond acceptors (Lipinski definition) is 6. The Labute approximate surface area is 133 Å². The maximum Gasteiger partial charge on any atom is 0.162 e. The summed E-state index contributed by atoms with van der Waals surface area (Å²) in [5, 5.41) is 13.3. The van der Waals surface area contributed by atoms with Crippen LogP contribution in [-0.4, -0.2) is 29.3 Å². The molecule has 23 heavy (non-hydrogen) atoms. The third-order valence-electron chi connectivity index (χ3n) is 3.51. The normalized spacial score (nSPS) is 10.6. The summed E-state index contributed by atoms with van der Waals surface area (Å²) in [5.74, 6) is 1.89. The molecule has 0 bridgehead atoms. The maximum absolute atomic E-state index is 9.24. The Kier molecular flexibility index (Phi) is 4.25. The van der Waals surface area contributed by atoms with Gasteiger partial charge < -0.3 is 19.9 Å². The number of rotatable bonds is 5. The largest absolute Gasteiger partial charge is 0.493 e. The number of aliphatic hydroxyl groups is 1. The number of nitrogens with one attached hydrogen (secondary N) is 1. The molecule has 0 saturated carbocycles.